The Morgan fingerprint density at radius 1 is 0.902 bits per heavy atom. The van der Waals surface area contributed by atoms with Crippen LogP contribution in [0.5, 0.6) is 0 Å². The maximum Gasteiger partial charge on any atom is 0.222 e. The molecule has 1 saturated carbocycles. The lowest BCUT2D eigenvalue weighted by molar-refractivity contribution is -0.131. The average molecular weight is 555 g/mol. The number of hydrogen-bond acceptors (Lipinski definition) is 5. The fraction of sp³-hybridized carbons (Fsp3) is 0.455. The van der Waals surface area contributed by atoms with Crippen molar-refractivity contribution >= 4 is 22.8 Å². The summed E-state index contributed by atoms with van der Waals surface area (Å²) in [5.41, 5.74) is 4.65. The number of hydrogen-bond donors (Lipinski definition) is 0. The molecule has 7 nitrogen and oxygen atoms in total. The number of amides is 1. The summed E-state index contributed by atoms with van der Waals surface area (Å²) < 4.78 is 15.5. The van der Waals surface area contributed by atoms with Gasteiger partial charge >= 0.3 is 0 Å². The molecule has 0 unspecified atom stereocenters. The molecule has 8 heteroatoms. The molecule has 2 aromatic carbocycles. The lowest BCUT2D eigenvalue weighted by atomic mass is 10.0. The summed E-state index contributed by atoms with van der Waals surface area (Å²) in [5, 5.41) is 5.74. The first-order chi connectivity index (χ1) is 19.9. The average Bonchev–Trinajstić information content (AvgIpc) is 3.53. The van der Waals surface area contributed by atoms with Crippen LogP contribution in [0.1, 0.15) is 67.6 Å². The van der Waals surface area contributed by atoms with E-state index in [2.05, 4.69) is 41.0 Å². The number of fused-ring (bicyclic) bond motifs is 1. The number of benzene rings is 2. The molecule has 1 amide bonds. The van der Waals surface area contributed by atoms with Gasteiger partial charge in [0.05, 0.1) is 16.8 Å². The molecule has 0 atom stereocenters. The zero-order valence-electron chi connectivity index (χ0n) is 24.2. The van der Waals surface area contributed by atoms with E-state index in [0.717, 1.165) is 65.6 Å². The van der Waals surface area contributed by atoms with Crippen LogP contribution < -0.4 is 4.90 Å². The van der Waals surface area contributed by atoms with Crippen molar-refractivity contribution in [3.05, 3.63) is 77.0 Å². The molecule has 0 radical (unpaired) electrons. The number of anilines is 1. The zero-order chi connectivity index (χ0) is 28.3. The molecule has 0 spiro atoms. The Labute approximate surface area is 241 Å². The number of aromatic nitrogens is 4. The van der Waals surface area contributed by atoms with Crippen LogP contribution in [0.4, 0.5) is 10.2 Å². The van der Waals surface area contributed by atoms with Crippen LogP contribution in [-0.2, 0) is 11.2 Å². The maximum absolute atomic E-state index is 13.7. The van der Waals surface area contributed by atoms with Gasteiger partial charge in [0.1, 0.15) is 17.5 Å². The van der Waals surface area contributed by atoms with E-state index in [1.54, 1.807) is 16.8 Å². The standard InChI is InChI=1S/C33H39FN6O/c1-23-8-10-26(11-9-23)22-29-35-32(31-24(2)37-40(33(31)36-29)28-15-13-27(34)14-16-28)39-19-5-18-38(20-21-39)30(41)17-12-25-6-3-4-7-25/h8-11,13-16,25H,3-7,12,17-22H2,1-2H3. The zero-order valence-corrected chi connectivity index (χ0v) is 24.2. The highest BCUT2D eigenvalue weighted by Crippen LogP contribution is 2.31. The molecular formula is C33H39FN6O. The third-order valence-electron chi connectivity index (χ3n) is 8.67. The van der Waals surface area contributed by atoms with E-state index in [1.165, 1.54) is 43.4 Å². The van der Waals surface area contributed by atoms with Gasteiger partial charge in [0, 0.05) is 39.0 Å². The second kappa shape index (κ2) is 12.0. The number of carbonyl (C=O) groups excluding carboxylic acids is 1. The fourth-order valence-electron chi connectivity index (χ4n) is 6.33. The molecule has 0 N–H and O–H groups in total. The molecule has 6 rings (SSSR count). The molecule has 1 saturated heterocycles. The fourth-order valence-corrected chi connectivity index (χ4v) is 6.33. The second-order valence-corrected chi connectivity index (χ2v) is 11.7. The summed E-state index contributed by atoms with van der Waals surface area (Å²) in [7, 11) is 0. The van der Waals surface area contributed by atoms with Crippen molar-refractivity contribution in [2.45, 2.75) is 65.2 Å². The highest BCUT2D eigenvalue weighted by Gasteiger charge is 2.26. The Balaban J connectivity index is 1.31. The van der Waals surface area contributed by atoms with Gasteiger partial charge in [-0.05, 0) is 62.4 Å². The molecule has 0 bridgehead atoms. The van der Waals surface area contributed by atoms with Gasteiger partial charge in [-0.15, -0.1) is 0 Å². The molecule has 214 valence electrons. The molecular weight excluding hydrogens is 515 g/mol. The quantitative estimate of drug-likeness (QED) is 0.273. The topological polar surface area (TPSA) is 67.2 Å². The largest absolute Gasteiger partial charge is 0.354 e. The van der Waals surface area contributed by atoms with Crippen molar-refractivity contribution in [3.8, 4) is 5.69 Å². The van der Waals surface area contributed by atoms with Crippen LogP contribution in [0.2, 0.25) is 0 Å². The van der Waals surface area contributed by atoms with Gasteiger partial charge in [-0.25, -0.2) is 19.0 Å². The third kappa shape index (κ3) is 6.11. The smallest absolute Gasteiger partial charge is 0.222 e. The van der Waals surface area contributed by atoms with Crippen LogP contribution in [0.3, 0.4) is 0 Å². The summed E-state index contributed by atoms with van der Waals surface area (Å²) in [4.78, 5) is 27.6. The molecule has 41 heavy (non-hydrogen) atoms. The van der Waals surface area contributed by atoms with Gasteiger partial charge in [0.2, 0.25) is 5.91 Å². The maximum atomic E-state index is 13.7. The minimum absolute atomic E-state index is 0.284. The Kier molecular flexibility index (Phi) is 7.99. The summed E-state index contributed by atoms with van der Waals surface area (Å²) in [5.74, 6) is 2.30. The van der Waals surface area contributed by atoms with Crippen molar-refractivity contribution < 1.29 is 9.18 Å². The van der Waals surface area contributed by atoms with Gasteiger partial charge in [-0.1, -0.05) is 55.5 Å². The lowest BCUT2D eigenvalue weighted by Crippen LogP contribution is -2.35. The first-order valence-electron chi connectivity index (χ1n) is 15.0. The summed E-state index contributed by atoms with van der Waals surface area (Å²) in [6, 6.07) is 14.8. The van der Waals surface area contributed by atoms with Crippen molar-refractivity contribution in [2.24, 2.45) is 5.92 Å². The molecule has 2 aromatic heterocycles. The van der Waals surface area contributed by atoms with Gasteiger partial charge in [0.15, 0.2) is 5.65 Å². The van der Waals surface area contributed by atoms with E-state index in [9.17, 15) is 9.18 Å². The van der Waals surface area contributed by atoms with Gasteiger partial charge in [0.25, 0.3) is 0 Å². The molecule has 3 heterocycles. The van der Waals surface area contributed by atoms with Crippen LogP contribution in [0, 0.1) is 25.6 Å². The second-order valence-electron chi connectivity index (χ2n) is 11.7. The van der Waals surface area contributed by atoms with Crippen molar-refractivity contribution in [3.63, 3.8) is 0 Å². The van der Waals surface area contributed by atoms with E-state index >= 15 is 0 Å². The molecule has 2 aliphatic rings. The Morgan fingerprint density at radius 2 is 1.66 bits per heavy atom. The number of aryl methyl sites for hydroxylation is 2. The molecule has 1 aliphatic carbocycles. The van der Waals surface area contributed by atoms with E-state index in [0.29, 0.717) is 31.8 Å². The highest BCUT2D eigenvalue weighted by atomic mass is 19.1. The van der Waals surface area contributed by atoms with E-state index in [-0.39, 0.29) is 11.7 Å². The Morgan fingerprint density at radius 3 is 2.41 bits per heavy atom. The Bertz CT molecular complexity index is 1510. The number of carbonyl (C=O) groups is 1. The van der Waals surface area contributed by atoms with E-state index in [4.69, 9.17) is 15.1 Å². The first-order valence-corrected chi connectivity index (χ1v) is 15.0. The van der Waals surface area contributed by atoms with Crippen LogP contribution in [-0.4, -0.2) is 56.7 Å². The van der Waals surface area contributed by atoms with E-state index < -0.39 is 0 Å². The third-order valence-corrected chi connectivity index (χ3v) is 8.67. The van der Waals surface area contributed by atoms with Gasteiger partial charge < -0.3 is 9.80 Å². The first kappa shape index (κ1) is 27.4. The van der Waals surface area contributed by atoms with Crippen molar-refractivity contribution in [1.82, 2.24) is 24.6 Å². The Hall–Kier alpha value is -3.81. The van der Waals surface area contributed by atoms with Crippen molar-refractivity contribution in [1.29, 1.82) is 0 Å². The lowest BCUT2D eigenvalue weighted by Gasteiger charge is -2.24. The molecule has 4 aromatic rings. The monoisotopic (exact) mass is 554 g/mol. The summed E-state index contributed by atoms with van der Waals surface area (Å²) in [6.07, 6.45) is 8.35. The van der Waals surface area contributed by atoms with Crippen LogP contribution in [0.25, 0.3) is 16.7 Å². The summed E-state index contributed by atoms with van der Waals surface area (Å²) in [6.45, 7) is 7.05. The van der Waals surface area contributed by atoms with E-state index in [1.807, 2.05) is 6.92 Å². The normalized spacial score (nSPS) is 16.5. The van der Waals surface area contributed by atoms with Crippen LogP contribution in [0.15, 0.2) is 48.5 Å². The summed E-state index contributed by atoms with van der Waals surface area (Å²) >= 11 is 0. The van der Waals surface area contributed by atoms with Crippen LogP contribution >= 0.6 is 0 Å². The van der Waals surface area contributed by atoms with Gasteiger partial charge in [-0.2, -0.15) is 5.10 Å². The van der Waals surface area contributed by atoms with Gasteiger partial charge in [-0.3, -0.25) is 4.79 Å². The number of nitrogens with zero attached hydrogens (tertiary/aromatic N) is 6. The minimum atomic E-state index is -0.288. The van der Waals surface area contributed by atoms with Crippen molar-refractivity contribution in [2.75, 3.05) is 31.1 Å². The molecule has 2 fully saturated rings. The minimum Gasteiger partial charge on any atom is -0.354 e. The number of rotatable bonds is 7. The predicted octanol–water partition coefficient (Wildman–Crippen LogP) is 6.17. The number of halogens is 1. The highest BCUT2D eigenvalue weighted by molar-refractivity contribution is 5.91. The molecule has 1 aliphatic heterocycles. The SMILES string of the molecule is Cc1ccc(Cc2nc(N3CCCN(C(=O)CCC4CCCC4)CC3)c3c(C)nn(-c4ccc(F)cc4)c3n2)cc1. The predicted molar refractivity (Wildman–Crippen MR) is 160 cm³/mol.